The number of amides is 3. The lowest BCUT2D eigenvalue weighted by molar-refractivity contribution is 0.0954. The summed E-state index contributed by atoms with van der Waals surface area (Å²) in [4.78, 5) is 30.6. The molecular formula is C23H22N4O2. The summed E-state index contributed by atoms with van der Waals surface area (Å²) in [5.41, 5.74) is 4.66. The van der Waals surface area contributed by atoms with Crippen LogP contribution in [-0.4, -0.2) is 28.4 Å². The molecule has 0 bridgehead atoms. The number of hydrogen-bond donors (Lipinski definition) is 2. The lowest BCUT2D eigenvalue weighted by atomic mass is 10.1. The van der Waals surface area contributed by atoms with Crippen LogP contribution in [0, 0.1) is 0 Å². The fraction of sp³-hybridized carbons (Fsp3) is 0.174. The van der Waals surface area contributed by atoms with Gasteiger partial charge in [-0.25, -0.2) is 4.79 Å². The normalized spacial score (nSPS) is 12.3. The highest BCUT2D eigenvalue weighted by Crippen LogP contribution is 2.23. The molecule has 4 rings (SSSR count). The largest absolute Gasteiger partial charge is 0.352 e. The Morgan fingerprint density at radius 2 is 1.66 bits per heavy atom. The average molecular weight is 386 g/mol. The quantitative estimate of drug-likeness (QED) is 0.704. The fourth-order valence-electron chi connectivity index (χ4n) is 3.35. The number of anilines is 1. The van der Waals surface area contributed by atoms with E-state index in [2.05, 4.69) is 15.6 Å². The Balaban J connectivity index is 1.27. The van der Waals surface area contributed by atoms with E-state index in [1.807, 2.05) is 36.4 Å². The minimum atomic E-state index is -0.144. The standard InChI is InChI=1S/C23H22N4O2/c28-22(25-13-11-17-4-3-12-24-14-17)18-7-9-21(10-8-18)26-23(29)27-15-19-5-1-2-6-20(19)16-27/h1-10,12,14H,11,13,15-16H2,(H,25,28)(H,26,29). The fourth-order valence-corrected chi connectivity index (χ4v) is 3.35. The third-order valence-corrected chi connectivity index (χ3v) is 4.95. The van der Waals surface area contributed by atoms with Gasteiger partial charge in [0.15, 0.2) is 0 Å². The van der Waals surface area contributed by atoms with Gasteiger partial charge < -0.3 is 15.5 Å². The van der Waals surface area contributed by atoms with Gasteiger partial charge in [0.25, 0.3) is 5.91 Å². The molecule has 2 N–H and O–H groups in total. The van der Waals surface area contributed by atoms with E-state index in [9.17, 15) is 9.59 Å². The Bertz CT molecular complexity index is 978. The van der Waals surface area contributed by atoms with Crippen LogP contribution in [0.5, 0.6) is 0 Å². The van der Waals surface area contributed by atoms with E-state index in [0.29, 0.717) is 30.9 Å². The molecule has 0 fully saturated rings. The summed E-state index contributed by atoms with van der Waals surface area (Å²) < 4.78 is 0. The zero-order valence-electron chi connectivity index (χ0n) is 16.0. The Kier molecular flexibility index (Phi) is 5.52. The van der Waals surface area contributed by atoms with Crippen LogP contribution in [0.3, 0.4) is 0 Å². The van der Waals surface area contributed by atoms with Crippen LogP contribution in [0.25, 0.3) is 0 Å². The van der Waals surface area contributed by atoms with E-state index in [1.54, 1.807) is 41.6 Å². The molecular weight excluding hydrogens is 364 g/mol. The molecule has 0 saturated heterocycles. The van der Waals surface area contributed by atoms with Crippen LogP contribution in [0.2, 0.25) is 0 Å². The number of fused-ring (bicyclic) bond motifs is 1. The van der Waals surface area contributed by atoms with E-state index < -0.39 is 0 Å². The predicted octanol–water partition coefficient (Wildman–Crippen LogP) is 3.60. The molecule has 146 valence electrons. The van der Waals surface area contributed by atoms with Crippen molar-refractivity contribution < 1.29 is 9.59 Å². The van der Waals surface area contributed by atoms with Crippen molar-refractivity contribution >= 4 is 17.6 Å². The lowest BCUT2D eigenvalue weighted by Gasteiger charge is -2.16. The van der Waals surface area contributed by atoms with Crippen LogP contribution < -0.4 is 10.6 Å². The summed E-state index contributed by atoms with van der Waals surface area (Å²) in [5.74, 6) is -0.137. The van der Waals surface area contributed by atoms with Gasteiger partial charge in [-0.05, 0) is 53.4 Å². The molecule has 2 aromatic carbocycles. The first-order valence-corrected chi connectivity index (χ1v) is 9.59. The topological polar surface area (TPSA) is 74.3 Å². The van der Waals surface area contributed by atoms with Gasteiger partial charge in [0, 0.05) is 43.3 Å². The molecule has 0 saturated carbocycles. The summed E-state index contributed by atoms with van der Waals surface area (Å²) in [7, 11) is 0. The highest BCUT2D eigenvalue weighted by atomic mass is 16.2. The molecule has 6 heteroatoms. The molecule has 3 aromatic rings. The summed E-state index contributed by atoms with van der Waals surface area (Å²) in [6.07, 6.45) is 4.25. The zero-order valence-corrected chi connectivity index (χ0v) is 16.0. The van der Waals surface area contributed by atoms with Gasteiger partial charge in [-0.2, -0.15) is 0 Å². The molecule has 1 aliphatic rings. The molecule has 0 atom stereocenters. The predicted molar refractivity (Wildman–Crippen MR) is 111 cm³/mol. The number of carbonyl (C=O) groups is 2. The van der Waals surface area contributed by atoms with Crippen LogP contribution in [-0.2, 0) is 19.5 Å². The maximum absolute atomic E-state index is 12.5. The summed E-state index contributed by atoms with van der Waals surface area (Å²) in [6, 6.07) is 18.7. The number of benzene rings is 2. The van der Waals surface area contributed by atoms with Crippen molar-refractivity contribution in [3.63, 3.8) is 0 Å². The van der Waals surface area contributed by atoms with Crippen molar-refractivity contribution in [2.75, 3.05) is 11.9 Å². The highest BCUT2D eigenvalue weighted by molar-refractivity contribution is 5.95. The molecule has 0 unspecified atom stereocenters. The first kappa shape index (κ1) is 18.7. The lowest BCUT2D eigenvalue weighted by Crippen LogP contribution is -2.30. The van der Waals surface area contributed by atoms with Gasteiger partial charge in [0.2, 0.25) is 0 Å². The average Bonchev–Trinajstić information content (AvgIpc) is 3.19. The SMILES string of the molecule is O=C(NCCc1cccnc1)c1ccc(NC(=O)N2Cc3ccccc3C2)cc1. The van der Waals surface area contributed by atoms with Crippen LogP contribution in [0.1, 0.15) is 27.0 Å². The number of nitrogens with one attached hydrogen (secondary N) is 2. The molecule has 0 radical (unpaired) electrons. The number of carbonyl (C=O) groups excluding carboxylic acids is 2. The Labute approximate surface area is 169 Å². The molecule has 2 heterocycles. The Hall–Kier alpha value is -3.67. The van der Waals surface area contributed by atoms with Crippen molar-refractivity contribution in [3.05, 3.63) is 95.3 Å². The second-order valence-corrected chi connectivity index (χ2v) is 7.00. The van der Waals surface area contributed by atoms with Crippen LogP contribution in [0.15, 0.2) is 73.1 Å². The van der Waals surface area contributed by atoms with Crippen LogP contribution in [0.4, 0.5) is 10.5 Å². The molecule has 0 spiro atoms. The van der Waals surface area contributed by atoms with E-state index >= 15 is 0 Å². The second-order valence-electron chi connectivity index (χ2n) is 7.00. The number of urea groups is 1. The van der Waals surface area contributed by atoms with E-state index in [-0.39, 0.29) is 11.9 Å². The number of nitrogens with zero attached hydrogens (tertiary/aromatic N) is 2. The molecule has 6 nitrogen and oxygen atoms in total. The summed E-state index contributed by atoms with van der Waals surface area (Å²) >= 11 is 0. The van der Waals surface area contributed by atoms with Gasteiger partial charge in [0.1, 0.15) is 0 Å². The number of rotatable bonds is 5. The van der Waals surface area contributed by atoms with E-state index in [1.165, 1.54) is 11.1 Å². The third kappa shape index (κ3) is 4.60. The Morgan fingerprint density at radius 1 is 0.931 bits per heavy atom. The number of pyridine rings is 1. The van der Waals surface area contributed by atoms with Crippen molar-refractivity contribution in [3.8, 4) is 0 Å². The smallest absolute Gasteiger partial charge is 0.322 e. The van der Waals surface area contributed by atoms with Gasteiger partial charge in [-0.1, -0.05) is 30.3 Å². The first-order valence-electron chi connectivity index (χ1n) is 9.59. The zero-order chi connectivity index (χ0) is 20.1. The first-order chi connectivity index (χ1) is 14.2. The van der Waals surface area contributed by atoms with E-state index in [4.69, 9.17) is 0 Å². The number of aromatic nitrogens is 1. The van der Waals surface area contributed by atoms with Crippen molar-refractivity contribution in [1.82, 2.24) is 15.2 Å². The number of hydrogen-bond acceptors (Lipinski definition) is 3. The Morgan fingerprint density at radius 3 is 2.31 bits per heavy atom. The minimum Gasteiger partial charge on any atom is -0.352 e. The molecule has 0 aliphatic carbocycles. The second kappa shape index (κ2) is 8.56. The van der Waals surface area contributed by atoms with Gasteiger partial charge in [0.05, 0.1) is 0 Å². The molecule has 1 aliphatic heterocycles. The third-order valence-electron chi connectivity index (χ3n) is 4.95. The molecule has 3 amide bonds. The van der Waals surface area contributed by atoms with Crippen molar-refractivity contribution in [2.24, 2.45) is 0 Å². The maximum atomic E-state index is 12.5. The van der Waals surface area contributed by atoms with Gasteiger partial charge >= 0.3 is 6.03 Å². The van der Waals surface area contributed by atoms with Gasteiger partial charge in [-0.15, -0.1) is 0 Å². The monoisotopic (exact) mass is 386 g/mol. The molecule has 29 heavy (non-hydrogen) atoms. The van der Waals surface area contributed by atoms with Crippen LogP contribution >= 0.6 is 0 Å². The van der Waals surface area contributed by atoms with Gasteiger partial charge in [-0.3, -0.25) is 9.78 Å². The summed E-state index contributed by atoms with van der Waals surface area (Å²) in [6.45, 7) is 1.76. The summed E-state index contributed by atoms with van der Waals surface area (Å²) in [5, 5.41) is 5.80. The maximum Gasteiger partial charge on any atom is 0.322 e. The van der Waals surface area contributed by atoms with E-state index in [0.717, 1.165) is 12.0 Å². The highest BCUT2D eigenvalue weighted by Gasteiger charge is 2.22. The molecule has 1 aromatic heterocycles. The van der Waals surface area contributed by atoms with Crippen molar-refractivity contribution in [1.29, 1.82) is 0 Å². The minimum absolute atomic E-state index is 0.137. The van der Waals surface area contributed by atoms with Crippen molar-refractivity contribution in [2.45, 2.75) is 19.5 Å².